The lowest BCUT2D eigenvalue weighted by molar-refractivity contribution is 0.306. The van der Waals surface area contributed by atoms with E-state index < -0.39 is 0 Å². The topological polar surface area (TPSA) is 29.0 Å². The summed E-state index contributed by atoms with van der Waals surface area (Å²) in [5, 5.41) is 3.29. The minimum atomic E-state index is -0.197. The second-order valence-corrected chi connectivity index (χ2v) is 6.09. The van der Waals surface area contributed by atoms with Crippen molar-refractivity contribution < 1.29 is 4.39 Å². The van der Waals surface area contributed by atoms with Crippen molar-refractivity contribution in [1.82, 2.24) is 14.9 Å². The van der Waals surface area contributed by atoms with Gasteiger partial charge in [0.1, 0.15) is 21.6 Å². The van der Waals surface area contributed by atoms with Gasteiger partial charge in [0.25, 0.3) is 0 Å². The summed E-state index contributed by atoms with van der Waals surface area (Å²) in [6, 6.07) is 8.68. The summed E-state index contributed by atoms with van der Waals surface area (Å²) in [7, 11) is 1.91. The van der Waals surface area contributed by atoms with Crippen LogP contribution < -0.4 is 0 Å². The molecule has 0 unspecified atom stereocenters. The van der Waals surface area contributed by atoms with Gasteiger partial charge in [-0.2, -0.15) is 0 Å². The number of fused-ring (bicyclic) bond motifs is 1. The molecule has 0 aliphatic rings. The Morgan fingerprint density at radius 1 is 1.19 bits per heavy atom. The largest absolute Gasteiger partial charge is 0.295 e. The van der Waals surface area contributed by atoms with Crippen molar-refractivity contribution in [3.05, 3.63) is 58.1 Å². The Morgan fingerprint density at radius 3 is 2.81 bits per heavy atom. The van der Waals surface area contributed by atoms with E-state index in [1.165, 1.54) is 17.4 Å². The first kappa shape index (κ1) is 14.4. The average Bonchev–Trinajstić information content (AvgIpc) is 2.90. The van der Waals surface area contributed by atoms with E-state index in [1.807, 2.05) is 29.5 Å². The fraction of sp³-hybridized carbons (Fsp3) is 0.200. The zero-order valence-corrected chi connectivity index (χ0v) is 13.0. The molecular formula is C15H13ClFN3S. The molecule has 108 valence electrons. The molecule has 21 heavy (non-hydrogen) atoms. The summed E-state index contributed by atoms with van der Waals surface area (Å²) < 4.78 is 13.6. The van der Waals surface area contributed by atoms with Crippen molar-refractivity contribution in [3.8, 4) is 0 Å². The summed E-state index contributed by atoms with van der Waals surface area (Å²) in [4.78, 5) is 11.6. The highest BCUT2D eigenvalue weighted by molar-refractivity contribution is 7.16. The van der Waals surface area contributed by atoms with Gasteiger partial charge in [-0.1, -0.05) is 29.8 Å². The molecular weight excluding hydrogens is 309 g/mol. The Bertz CT molecular complexity index is 774. The molecule has 0 N–H and O–H groups in total. The van der Waals surface area contributed by atoms with Gasteiger partial charge < -0.3 is 0 Å². The molecule has 1 aromatic carbocycles. The van der Waals surface area contributed by atoms with Crippen molar-refractivity contribution in [3.63, 3.8) is 0 Å². The quantitative estimate of drug-likeness (QED) is 0.677. The predicted octanol–water partition coefficient (Wildman–Crippen LogP) is 4.12. The van der Waals surface area contributed by atoms with Gasteiger partial charge in [-0.25, -0.2) is 14.4 Å². The minimum absolute atomic E-state index is 0.197. The first-order valence-electron chi connectivity index (χ1n) is 6.45. The molecule has 3 nitrogen and oxygen atoms in total. The molecule has 3 aromatic rings. The highest BCUT2D eigenvalue weighted by atomic mass is 35.5. The average molecular weight is 322 g/mol. The van der Waals surface area contributed by atoms with Crippen LogP contribution in [0.2, 0.25) is 5.15 Å². The van der Waals surface area contributed by atoms with Crippen molar-refractivity contribution in [2.75, 3.05) is 7.05 Å². The van der Waals surface area contributed by atoms with Crippen LogP contribution in [0, 0.1) is 5.82 Å². The summed E-state index contributed by atoms with van der Waals surface area (Å²) in [5.41, 5.74) is 0.656. The number of nitrogens with zero attached hydrogens (tertiary/aromatic N) is 3. The zero-order chi connectivity index (χ0) is 14.8. The van der Waals surface area contributed by atoms with E-state index >= 15 is 0 Å². The maximum absolute atomic E-state index is 13.6. The van der Waals surface area contributed by atoms with Gasteiger partial charge in [0.15, 0.2) is 0 Å². The summed E-state index contributed by atoms with van der Waals surface area (Å²) in [5.74, 6) is 0.450. The van der Waals surface area contributed by atoms with E-state index in [0.717, 1.165) is 10.2 Å². The second-order valence-electron chi connectivity index (χ2n) is 4.83. The lowest BCUT2D eigenvalue weighted by atomic mass is 10.2. The zero-order valence-electron chi connectivity index (χ0n) is 11.4. The molecule has 3 rings (SSSR count). The number of hydrogen-bond donors (Lipinski definition) is 0. The third-order valence-electron chi connectivity index (χ3n) is 3.13. The van der Waals surface area contributed by atoms with Gasteiger partial charge in [-0.15, -0.1) is 11.3 Å². The molecule has 0 atom stereocenters. The van der Waals surface area contributed by atoms with Gasteiger partial charge in [-0.05, 0) is 24.6 Å². The van der Waals surface area contributed by atoms with Crippen LogP contribution in [-0.4, -0.2) is 21.9 Å². The van der Waals surface area contributed by atoms with Crippen molar-refractivity contribution >= 4 is 33.2 Å². The maximum Gasteiger partial charge on any atom is 0.145 e. The highest BCUT2D eigenvalue weighted by Gasteiger charge is 2.10. The van der Waals surface area contributed by atoms with Crippen LogP contribution in [-0.2, 0) is 13.1 Å². The van der Waals surface area contributed by atoms with Crippen LogP contribution in [0.5, 0.6) is 0 Å². The van der Waals surface area contributed by atoms with Crippen molar-refractivity contribution in [2.45, 2.75) is 13.1 Å². The lowest BCUT2D eigenvalue weighted by Gasteiger charge is -2.16. The molecule has 0 aliphatic heterocycles. The third kappa shape index (κ3) is 3.20. The first-order chi connectivity index (χ1) is 10.1. The summed E-state index contributed by atoms with van der Waals surface area (Å²) in [6.07, 6.45) is 0. The lowest BCUT2D eigenvalue weighted by Crippen LogP contribution is -2.19. The number of benzene rings is 1. The van der Waals surface area contributed by atoms with Crippen LogP contribution in [0.15, 0.2) is 35.7 Å². The van der Waals surface area contributed by atoms with E-state index in [9.17, 15) is 4.39 Å². The Balaban J connectivity index is 1.77. The van der Waals surface area contributed by atoms with Crippen LogP contribution >= 0.6 is 22.9 Å². The Hall–Kier alpha value is -1.56. The molecule has 6 heteroatoms. The van der Waals surface area contributed by atoms with E-state index in [1.54, 1.807) is 12.1 Å². The predicted molar refractivity (Wildman–Crippen MR) is 84.0 cm³/mol. The smallest absolute Gasteiger partial charge is 0.145 e. The van der Waals surface area contributed by atoms with E-state index in [-0.39, 0.29) is 5.82 Å². The SMILES string of the molecule is CN(Cc1nc(Cl)c2ccsc2n1)Cc1ccccc1F. The molecule has 0 fully saturated rings. The van der Waals surface area contributed by atoms with Crippen molar-refractivity contribution in [2.24, 2.45) is 0 Å². The first-order valence-corrected chi connectivity index (χ1v) is 7.71. The van der Waals surface area contributed by atoms with Gasteiger partial charge in [0, 0.05) is 17.5 Å². The number of halogens is 2. The molecule has 0 saturated carbocycles. The standard InChI is InChI=1S/C15H13ClFN3S/c1-20(8-10-4-2-3-5-12(10)17)9-13-18-14(16)11-6-7-21-15(11)19-13/h2-7H,8-9H2,1H3. The highest BCUT2D eigenvalue weighted by Crippen LogP contribution is 2.25. The van der Waals surface area contributed by atoms with Crippen LogP contribution in [0.25, 0.3) is 10.2 Å². The van der Waals surface area contributed by atoms with Gasteiger partial charge >= 0.3 is 0 Å². The van der Waals surface area contributed by atoms with Crippen LogP contribution in [0.1, 0.15) is 11.4 Å². The van der Waals surface area contributed by atoms with E-state index in [4.69, 9.17) is 11.6 Å². The third-order valence-corrected chi connectivity index (χ3v) is 4.23. The Morgan fingerprint density at radius 2 is 2.00 bits per heavy atom. The van der Waals surface area contributed by atoms with E-state index in [2.05, 4.69) is 9.97 Å². The van der Waals surface area contributed by atoms with E-state index in [0.29, 0.717) is 29.6 Å². The van der Waals surface area contributed by atoms with Crippen LogP contribution in [0.4, 0.5) is 4.39 Å². The van der Waals surface area contributed by atoms with Crippen molar-refractivity contribution in [1.29, 1.82) is 0 Å². The Labute approximate surface area is 131 Å². The normalized spacial score (nSPS) is 11.4. The number of aromatic nitrogens is 2. The number of rotatable bonds is 4. The molecule has 0 amide bonds. The molecule has 0 radical (unpaired) electrons. The number of hydrogen-bond acceptors (Lipinski definition) is 4. The summed E-state index contributed by atoms with van der Waals surface area (Å²) >= 11 is 7.68. The molecule has 0 spiro atoms. The second kappa shape index (κ2) is 6.05. The Kier molecular flexibility index (Phi) is 4.14. The van der Waals surface area contributed by atoms with Gasteiger partial charge in [0.2, 0.25) is 0 Å². The van der Waals surface area contributed by atoms with Crippen LogP contribution in [0.3, 0.4) is 0 Å². The monoisotopic (exact) mass is 321 g/mol. The number of thiophene rings is 1. The molecule has 0 saturated heterocycles. The van der Waals surface area contributed by atoms with Gasteiger partial charge in [0.05, 0.1) is 6.54 Å². The summed E-state index contributed by atoms with van der Waals surface area (Å²) in [6.45, 7) is 1.01. The minimum Gasteiger partial charge on any atom is -0.295 e. The fourth-order valence-corrected chi connectivity index (χ4v) is 3.23. The molecule has 0 aliphatic carbocycles. The fourth-order valence-electron chi connectivity index (χ4n) is 2.15. The molecule has 0 bridgehead atoms. The molecule has 2 heterocycles. The van der Waals surface area contributed by atoms with Gasteiger partial charge in [-0.3, -0.25) is 4.90 Å². The maximum atomic E-state index is 13.6. The molecule has 2 aromatic heterocycles.